The molecule has 11 aromatic rings. The van der Waals surface area contributed by atoms with Crippen LogP contribution in [0.5, 0.6) is 0 Å². The maximum Gasteiger partial charge on any atom is 0.180 e. The number of furan rings is 2. The van der Waals surface area contributed by atoms with Gasteiger partial charge in [0, 0.05) is 49.5 Å². The van der Waals surface area contributed by atoms with Gasteiger partial charge in [0.1, 0.15) is 28.0 Å². The molecule has 56 heavy (non-hydrogen) atoms. The Morgan fingerprint density at radius 1 is 0.304 bits per heavy atom. The van der Waals surface area contributed by atoms with Crippen LogP contribution in [0.3, 0.4) is 0 Å². The highest BCUT2D eigenvalue weighted by Gasteiger charge is 2.20. The van der Waals surface area contributed by atoms with Crippen LogP contribution in [-0.4, -0.2) is 24.9 Å². The predicted molar refractivity (Wildman–Crippen MR) is 223 cm³/mol. The number of hydrogen-bond donors (Lipinski definition) is 0. The molecule has 0 aliphatic rings. The summed E-state index contributed by atoms with van der Waals surface area (Å²) in [4.78, 5) is 24.7. The highest BCUT2D eigenvalue weighted by atomic mass is 16.3. The van der Waals surface area contributed by atoms with Crippen molar-refractivity contribution in [2.24, 2.45) is 0 Å². The van der Waals surface area contributed by atoms with Gasteiger partial charge < -0.3 is 8.83 Å². The summed E-state index contributed by atoms with van der Waals surface area (Å²) in [6.07, 6.45) is 0. The molecule has 0 bridgehead atoms. The monoisotopic (exact) mass is 719 g/mol. The topological polar surface area (TPSA) is 90.7 Å². The van der Waals surface area contributed by atoms with Crippen LogP contribution in [0, 0.1) is 0 Å². The third kappa shape index (κ3) is 5.41. The minimum absolute atomic E-state index is 0.578. The first-order chi connectivity index (χ1) is 27.7. The molecule has 0 atom stereocenters. The van der Waals surface area contributed by atoms with E-state index in [1.807, 2.05) is 121 Å². The first kappa shape index (κ1) is 31.7. The van der Waals surface area contributed by atoms with E-state index in [4.69, 9.17) is 33.8 Å². The Morgan fingerprint density at radius 3 is 1.48 bits per heavy atom. The summed E-state index contributed by atoms with van der Waals surface area (Å²) in [5.41, 5.74) is 11.1. The summed E-state index contributed by atoms with van der Waals surface area (Å²) in [5.74, 6) is 2.46. The molecule has 11 rings (SSSR count). The minimum Gasteiger partial charge on any atom is -0.455 e. The number of fused-ring (bicyclic) bond motifs is 6. The number of nitrogens with zero attached hydrogens (tertiary/aromatic N) is 5. The third-order valence-corrected chi connectivity index (χ3v) is 10.2. The molecule has 0 fully saturated rings. The standard InChI is InChI=1S/C49H29N5O2/c1-4-13-32(14-5-1)46-50-42(45-43(51-46)39-19-10-11-22-40(39)55-45)31-25-23-30(24-26-31)36-20-12-21-38-37-28-27-35(29-41(37)56-44(36)38)49-53-47(33-15-6-2-7-16-33)52-48(54-49)34-17-8-3-9-18-34/h1-29H. The molecule has 0 aliphatic carbocycles. The third-order valence-electron chi connectivity index (χ3n) is 10.2. The molecule has 0 amide bonds. The molecule has 4 heterocycles. The summed E-state index contributed by atoms with van der Waals surface area (Å²) >= 11 is 0. The van der Waals surface area contributed by atoms with Crippen LogP contribution in [0.15, 0.2) is 185 Å². The van der Waals surface area contributed by atoms with E-state index in [1.54, 1.807) is 0 Å². The Kier molecular flexibility index (Phi) is 7.35. The van der Waals surface area contributed by atoms with Crippen LogP contribution in [0.25, 0.3) is 112 Å². The minimum atomic E-state index is 0.578. The van der Waals surface area contributed by atoms with Gasteiger partial charge in [0.15, 0.2) is 28.9 Å². The van der Waals surface area contributed by atoms with Crippen molar-refractivity contribution >= 4 is 44.0 Å². The molecule has 262 valence electrons. The Balaban J connectivity index is 1.00. The van der Waals surface area contributed by atoms with E-state index in [-0.39, 0.29) is 0 Å². The van der Waals surface area contributed by atoms with Crippen LogP contribution in [0.4, 0.5) is 0 Å². The highest BCUT2D eigenvalue weighted by Crippen LogP contribution is 2.40. The molecule has 7 heteroatoms. The van der Waals surface area contributed by atoms with Crippen molar-refractivity contribution in [1.82, 2.24) is 24.9 Å². The van der Waals surface area contributed by atoms with Crippen LogP contribution in [0.1, 0.15) is 0 Å². The molecule has 0 spiro atoms. The summed E-state index contributed by atoms with van der Waals surface area (Å²) in [5, 5.41) is 3.01. The first-order valence-corrected chi connectivity index (χ1v) is 18.4. The SMILES string of the molecule is c1ccc(-c2nc(-c3ccccc3)nc(-c3ccc4c(c3)oc3c(-c5ccc(-c6nc(-c7ccccc7)nc7c6oc6ccccc67)cc5)cccc34)n2)cc1. The lowest BCUT2D eigenvalue weighted by Gasteiger charge is -2.08. The number of para-hydroxylation sites is 2. The van der Waals surface area contributed by atoms with E-state index in [0.717, 1.165) is 83.1 Å². The predicted octanol–water partition coefficient (Wildman–Crippen LogP) is 12.5. The van der Waals surface area contributed by atoms with Gasteiger partial charge in [0.2, 0.25) is 0 Å². The average molecular weight is 720 g/mol. The Hall–Kier alpha value is -7.77. The lowest BCUT2D eigenvalue weighted by atomic mass is 10.00. The van der Waals surface area contributed by atoms with Gasteiger partial charge in [-0.1, -0.05) is 152 Å². The van der Waals surface area contributed by atoms with Crippen LogP contribution >= 0.6 is 0 Å². The van der Waals surface area contributed by atoms with Gasteiger partial charge in [-0.3, -0.25) is 0 Å². The molecule has 0 unspecified atom stereocenters. The average Bonchev–Trinajstić information content (AvgIpc) is 3.85. The largest absolute Gasteiger partial charge is 0.455 e. The molecule has 0 saturated carbocycles. The lowest BCUT2D eigenvalue weighted by molar-refractivity contribution is 0.667. The van der Waals surface area contributed by atoms with Crippen LogP contribution < -0.4 is 0 Å². The van der Waals surface area contributed by atoms with Crippen molar-refractivity contribution in [2.45, 2.75) is 0 Å². The summed E-state index contributed by atoms with van der Waals surface area (Å²) in [7, 11) is 0. The molecular formula is C49H29N5O2. The van der Waals surface area contributed by atoms with Crippen LogP contribution in [0.2, 0.25) is 0 Å². The summed E-state index contributed by atoms with van der Waals surface area (Å²) < 4.78 is 13.1. The second kappa shape index (κ2) is 13.0. The zero-order valence-electron chi connectivity index (χ0n) is 29.8. The molecule has 0 N–H and O–H groups in total. The fourth-order valence-electron chi connectivity index (χ4n) is 7.41. The maximum absolute atomic E-state index is 6.69. The van der Waals surface area contributed by atoms with Crippen molar-refractivity contribution in [3.05, 3.63) is 176 Å². The Labute approximate surface area is 320 Å². The molecule has 7 aromatic carbocycles. The van der Waals surface area contributed by atoms with E-state index in [9.17, 15) is 0 Å². The number of benzene rings is 7. The van der Waals surface area contributed by atoms with Gasteiger partial charge in [0.05, 0.1) is 0 Å². The zero-order chi connectivity index (χ0) is 37.0. The lowest BCUT2D eigenvalue weighted by Crippen LogP contribution is -2.00. The number of hydrogen-bond acceptors (Lipinski definition) is 7. The van der Waals surface area contributed by atoms with Gasteiger partial charge in [-0.05, 0) is 29.8 Å². The molecule has 4 aromatic heterocycles. The van der Waals surface area contributed by atoms with Crippen molar-refractivity contribution in [3.8, 4) is 67.9 Å². The van der Waals surface area contributed by atoms with Gasteiger partial charge in [0.25, 0.3) is 0 Å². The quantitative estimate of drug-likeness (QED) is 0.169. The van der Waals surface area contributed by atoms with Gasteiger partial charge in [-0.25, -0.2) is 24.9 Å². The maximum atomic E-state index is 6.69. The fraction of sp³-hybridized carbons (Fsp3) is 0. The molecule has 0 saturated heterocycles. The highest BCUT2D eigenvalue weighted by molar-refractivity contribution is 6.10. The summed E-state index contributed by atoms with van der Waals surface area (Å²) in [6.45, 7) is 0. The second-order valence-electron chi connectivity index (χ2n) is 13.6. The molecular weight excluding hydrogens is 691 g/mol. The van der Waals surface area contributed by atoms with Gasteiger partial charge >= 0.3 is 0 Å². The first-order valence-electron chi connectivity index (χ1n) is 18.4. The molecule has 0 radical (unpaired) electrons. The van der Waals surface area contributed by atoms with E-state index >= 15 is 0 Å². The smallest absolute Gasteiger partial charge is 0.180 e. The Bertz CT molecular complexity index is 3170. The molecule has 0 aliphatic heterocycles. The van der Waals surface area contributed by atoms with E-state index in [1.165, 1.54) is 0 Å². The van der Waals surface area contributed by atoms with E-state index in [0.29, 0.717) is 28.9 Å². The second-order valence-corrected chi connectivity index (χ2v) is 13.6. The van der Waals surface area contributed by atoms with E-state index in [2.05, 4.69) is 54.6 Å². The van der Waals surface area contributed by atoms with Crippen molar-refractivity contribution < 1.29 is 8.83 Å². The van der Waals surface area contributed by atoms with Crippen molar-refractivity contribution in [1.29, 1.82) is 0 Å². The van der Waals surface area contributed by atoms with Crippen LogP contribution in [-0.2, 0) is 0 Å². The molecule has 7 nitrogen and oxygen atoms in total. The fourth-order valence-corrected chi connectivity index (χ4v) is 7.41. The number of aromatic nitrogens is 5. The summed E-state index contributed by atoms with van der Waals surface area (Å²) in [6, 6.07) is 58.9. The number of rotatable bonds is 6. The van der Waals surface area contributed by atoms with Gasteiger partial charge in [-0.2, -0.15) is 0 Å². The normalized spacial score (nSPS) is 11.6. The zero-order valence-corrected chi connectivity index (χ0v) is 29.8. The van der Waals surface area contributed by atoms with Gasteiger partial charge in [-0.15, -0.1) is 0 Å². The van der Waals surface area contributed by atoms with Crippen molar-refractivity contribution in [3.63, 3.8) is 0 Å². The van der Waals surface area contributed by atoms with Crippen molar-refractivity contribution in [2.75, 3.05) is 0 Å². The Morgan fingerprint density at radius 2 is 0.821 bits per heavy atom. The van der Waals surface area contributed by atoms with E-state index < -0.39 is 0 Å².